The van der Waals surface area contributed by atoms with Crippen molar-refractivity contribution in [3.63, 3.8) is 0 Å². The summed E-state index contributed by atoms with van der Waals surface area (Å²) in [5.41, 5.74) is -0.320. The third-order valence-corrected chi connectivity index (χ3v) is 4.10. The van der Waals surface area contributed by atoms with E-state index < -0.39 is 17.8 Å². The Bertz CT molecular complexity index is 949. The minimum atomic E-state index is -4.54. The maximum Gasteiger partial charge on any atom is 0.416 e. The van der Waals surface area contributed by atoms with Crippen LogP contribution in [0.4, 0.5) is 30.6 Å². The standard InChI is InChI=1S/C20H19F3N4O2/c1-29-14-8-6-13(7-9-14)26-19-24-11-10-18(27-19)25-12-17(28)15-4-2-3-5-16(15)20(21,22)23/h2-11,17,28H,12H2,1H3,(H2,24,25,26,27). The number of anilines is 3. The van der Waals surface area contributed by atoms with Crippen molar-refractivity contribution in [2.45, 2.75) is 12.3 Å². The molecule has 1 aromatic heterocycles. The Labute approximate surface area is 165 Å². The number of hydrogen-bond donors (Lipinski definition) is 3. The first-order chi connectivity index (χ1) is 13.9. The van der Waals surface area contributed by atoms with Gasteiger partial charge in [0.2, 0.25) is 5.95 Å². The van der Waals surface area contributed by atoms with Crippen molar-refractivity contribution < 1.29 is 23.0 Å². The van der Waals surface area contributed by atoms with Gasteiger partial charge in [0.25, 0.3) is 0 Å². The summed E-state index contributed by atoms with van der Waals surface area (Å²) in [7, 11) is 1.57. The van der Waals surface area contributed by atoms with Gasteiger partial charge >= 0.3 is 6.18 Å². The van der Waals surface area contributed by atoms with Crippen molar-refractivity contribution in [2.24, 2.45) is 0 Å². The zero-order valence-corrected chi connectivity index (χ0v) is 15.4. The topological polar surface area (TPSA) is 79.3 Å². The fourth-order valence-electron chi connectivity index (χ4n) is 2.68. The molecule has 1 heterocycles. The second-order valence-corrected chi connectivity index (χ2v) is 6.10. The summed E-state index contributed by atoms with van der Waals surface area (Å²) in [4.78, 5) is 8.35. The van der Waals surface area contributed by atoms with Gasteiger partial charge in [-0.3, -0.25) is 0 Å². The van der Waals surface area contributed by atoms with Crippen molar-refractivity contribution in [2.75, 3.05) is 24.3 Å². The number of halogens is 3. The maximum atomic E-state index is 13.1. The fraction of sp³-hybridized carbons (Fsp3) is 0.200. The van der Waals surface area contributed by atoms with E-state index in [-0.39, 0.29) is 12.1 Å². The summed E-state index contributed by atoms with van der Waals surface area (Å²) < 4.78 is 44.4. The van der Waals surface area contributed by atoms with Crippen LogP contribution in [-0.2, 0) is 6.18 Å². The SMILES string of the molecule is COc1ccc(Nc2nccc(NCC(O)c3ccccc3C(F)(F)F)n2)cc1. The Morgan fingerprint density at radius 3 is 2.48 bits per heavy atom. The zero-order chi connectivity index (χ0) is 20.9. The lowest BCUT2D eigenvalue weighted by Crippen LogP contribution is -2.18. The van der Waals surface area contributed by atoms with E-state index in [0.717, 1.165) is 11.8 Å². The van der Waals surface area contributed by atoms with Gasteiger partial charge in [-0.2, -0.15) is 18.2 Å². The molecule has 1 atom stereocenters. The molecule has 0 aliphatic carbocycles. The summed E-state index contributed by atoms with van der Waals surface area (Å²) in [6.45, 7) is -0.147. The summed E-state index contributed by atoms with van der Waals surface area (Å²) in [5, 5.41) is 16.1. The number of ether oxygens (including phenoxy) is 1. The van der Waals surface area contributed by atoms with Gasteiger partial charge in [0.1, 0.15) is 11.6 Å². The predicted octanol–water partition coefficient (Wildman–Crippen LogP) is 4.39. The lowest BCUT2D eigenvalue weighted by molar-refractivity contribution is -0.139. The van der Waals surface area contributed by atoms with E-state index in [1.54, 1.807) is 37.4 Å². The molecule has 3 aromatic rings. The first-order valence-electron chi connectivity index (χ1n) is 8.69. The first kappa shape index (κ1) is 20.4. The van der Waals surface area contributed by atoms with Crippen molar-refractivity contribution in [3.8, 4) is 5.75 Å². The van der Waals surface area contributed by atoms with Crippen LogP contribution in [0.2, 0.25) is 0 Å². The molecule has 0 radical (unpaired) electrons. The van der Waals surface area contributed by atoms with Crippen LogP contribution in [0.25, 0.3) is 0 Å². The minimum Gasteiger partial charge on any atom is -0.497 e. The lowest BCUT2D eigenvalue weighted by Gasteiger charge is -2.18. The fourth-order valence-corrected chi connectivity index (χ4v) is 2.68. The highest BCUT2D eigenvalue weighted by molar-refractivity contribution is 5.55. The van der Waals surface area contributed by atoms with Crippen LogP contribution in [0.3, 0.4) is 0 Å². The van der Waals surface area contributed by atoms with E-state index >= 15 is 0 Å². The van der Waals surface area contributed by atoms with E-state index in [0.29, 0.717) is 17.5 Å². The highest BCUT2D eigenvalue weighted by Crippen LogP contribution is 2.34. The number of methoxy groups -OCH3 is 1. The van der Waals surface area contributed by atoms with Crippen LogP contribution in [0.15, 0.2) is 60.8 Å². The summed E-state index contributed by atoms with van der Waals surface area (Å²) >= 11 is 0. The summed E-state index contributed by atoms with van der Waals surface area (Å²) in [6.07, 6.45) is -4.40. The third kappa shape index (κ3) is 5.35. The molecular formula is C20H19F3N4O2. The molecule has 29 heavy (non-hydrogen) atoms. The molecule has 1 unspecified atom stereocenters. The number of benzene rings is 2. The predicted molar refractivity (Wildman–Crippen MR) is 103 cm³/mol. The second-order valence-electron chi connectivity index (χ2n) is 6.10. The van der Waals surface area contributed by atoms with Crippen LogP contribution in [0.5, 0.6) is 5.75 Å². The van der Waals surface area contributed by atoms with Gasteiger partial charge in [0, 0.05) is 18.4 Å². The summed E-state index contributed by atoms with van der Waals surface area (Å²) in [5.74, 6) is 1.37. The van der Waals surface area contributed by atoms with Crippen LogP contribution >= 0.6 is 0 Å². The summed E-state index contributed by atoms with van der Waals surface area (Å²) in [6, 6.07) is 13.6. The Morgan fingerprint density at radius 2 is 1.79 bits per heavy atom. The first-order valence-corrected chi connectivity index (χ1v) is 8.69. The van der Waals surface area contributed by atoms with Gasteiger partial charge in [-0.05, 0) is 42.0 Å². The number of aliphatic hydroxyl groups excluding tert-OH is 1. The van der Waals surface area contributed by atoms with Crippen LogP contribution in [0.1, 0.15) is 17.2 Å². The normalized spacial score (nSPS) is 12.3. The van der Waals surface area contributed by atoms with Crippen molar-refractivity contribution in [1.82, 2.24) is 9.97 Å². The van der Waals surface area contributed by atoms with Gasteiger partial charge in [-0.15, -0.1) is 0 Å². The van der Waals surface area contributed by atoms with Crippen molar-refractivity contribution in [1.29, 1.82) is 0 Å². The monoisotopic (exact) mass is 404 g/mol. The molecule has 0 aliphatic heterocycles. The van der Waals surface area contributed by atoms with Gasteiger partial charge in [0.05, 0.1) is 18.8 Å². The number of aromatic nitrogens is 2. The average Bonchev–Trinajstić information content (AvgIpc) is 2.72. The number of aliphatic hydroxyl groups is 1. The van der Waals surface area contributed by atoms with Crippen LogP contribution in [0, 0.1) is 0 Å². The number of rotatable bonds is 7. The molecule has 152 valence electrons. The molecule has 2 aromatic carbocycles. The zero-order valence-electron chi connectivity index (χ0n) is 15.4. The molecule has 0 fully saturated rings. The van der Waals surface area contributed by atoms with Gasteiger partial charge in [0.15, 0.2) is 0 Å². The highest BCUT2D eigenvalue weighted by atomic mass is 19.4. The second kappa shape index (κ2) is 8.78. The molecule has 0 amide bonds. The quantitative estimate of drug-likeness (QED) is 0.542. The molecule has 0 spiro atoms. The van der Waals surface area contributed by atoms with E-state index in [4.69, 9.17) is 4.74 Å². The average molecular weight is 404 g/mol. The van der Waals surface area contributed by atoms with Gasteiger partial charge in [-0.1, -0.05) is 18.2 Å². The molecule has 0 saturated heterocycles. The Morgan fingerprint density at radius 1 is 1.07 bits per heavy atom. The van der Waals surface area contributed by atoms with Gasteiger partial charge < -0.3 is 20.5 Å². The lowest BCUT2D eigenvalue weighted by atomic mass is 10.0. The maximum absolute atomic E-state index is 13.1. The Hall–Kier alpha value is -3.33. The van der Waals surface area contributed by atoms with E-state index in [1.807, 2.05) is 0 Å². The molecular weight excluding hydrogens is 385 g/mol. The van der Waals surface area contributed by atoms with E-state index in [9.17, 15) is 18.3 Å². The van der Waals surface area contributed by atoms with E-state index in [2.05, 4.69) is 20.6 Å². The van der Waals surface area contributed by atoms with Crippen molar-refractivity contribution in [3.05, 3.63) is 71.9 Å². The molecule has 3 N–H and O–H groups in total. The Balaban J connectivity index is 1.66. The third-order valence-electron chi connectivity index (χ3n) is 4.10. The number of nitrogens with one attached hydrogen (secondary N) is 2. The molecule has 0 bridgehead atoms. The Kier molecular flexibility index (Phi) is 6.18. The number of hydrogen-bond acceptors (Lipinski definition) is 6. The molecule has 0 saturated carbocycles. The number of alkyl halides is 3. The largest absolute Gasteiger partial charge is 0.497 e. The number of nitrogens with zero attached hydrogens (tertiary/aromatic N) is 2. The van der Waals surface area contributed by atoms with E-state index in [1.165, 1.54) is 24.4 Å². The van der Waals surface area contributed by atoms with Crippen LogP contribution in [-0.4, -0.2) is 28.7 Å². The smallest absolute Gasteiger partial charge is 0.416 e. The highest BCUT2D eigenvalue weighted by Gasteiger charge is 2.34. The van der Waals surface area contributed by atoms with Crippen LogP contribution < -0.4 is 15.4 Å². The van der Waals surface area contributed by atoms with Gasteiger partial charge in [-0.25, -0.2) is 4.98 Å². The van der Waals surface area contributed by atoms with Crippen molar-refractivity contribution >= 4 is 17.5 Å². The molecule has 6 nitrogen and oxygen atoms in total. The minimum absolute atomic E-state index is 0.147. The molecule has 3 rings (SSSR count). The molecule has 9 heteroatoms. The molecule has 0 aliphatic rings.